The molecule has 5 N–H and O–H groups in total. The summed E-state index contributed by atoms with van der Waals surface area (Å²) in [5.74, 6) is -0.758. The summed E-state index contributed by atoms with van der Waals surface area (Å²) < 4.78 is 20.1. The maximum absolute atomic E-state index is 13.5. The first-order valence-corrected chi connectivity index (χ1v) is 26.9. The molecule has 2 saturated heterocycles. The number of nitrogens with zero attached hydrogens (tertiary/aromatic N) is 7. The molecular weight excluding hydrogens is 979 g/mol. The van der Waals surface area contributed by atoms with Crippen molar-refractivity contribution in [2.24, 2.45) is 5.92 Å². The lowest BCUT2D eigenvalue weighted by atomic mass is 9.78. The summed E-state index contributed by atoms with van der Waals surface area (Å²) in [5, 5.41) is 16.3. The normalized spacial score (nSPS) is 19.4. The highest BCUT2D eigenvalue weighted by Crippen LogP contribution is 2.42. The van der Waals surface area contributed by atoms with Gasteiger partial charge in [0.05, 0.1) is 44.9 Å². The number of carbonyl (C=O) groups is 5. The van der Waals surface area contributed by atoms with Crippen molar-refractivity contribution in [1.82, 2.24) is 40.8 Å². The molecule has 1 aliphatic carbocycles. The average molecular weight is 1040 g/mol. The zero-order valence-corrected chi connectivity index (χ0v) is 42.2. The van der Waals surface area contributed by atoms with Gasteiger partial charge in [-0.1, -0.05) is 6.92 Å². The number of ether oxygens (including phenoxy) is 1. The molecule has 5 aromatic rings. The Morgan fingerprint density at radius 1 is 0.929 bits per heavy atom. The predicted molar refractivity (Wildman–Crippen MR) is 272 cm³/mol. The van der Waals surface area contributed by atoms with Crippen molar-refractivity contribution in [2.75, 3.05) is 74.1 Å². The molecule has 0 spiro atoms. The summed E-state index contributed by atoms with van der Waals surface area (Å²) in [6, 6.07) is 12.3. The highest BCUT2D eigenvalue weighted by Gasteiger charge is 2.45. The van der Waals surface area contributed by atoms with Gasteiger partial charge in [0.15, 0.2) is 0 Å². The number of hydrogen-bond acceptors (Lipinski definition) is 16. The summed E-state index contributed by atoms with van der Waals surface area (Å²) in [5.41, 5.74) is 6.07. The Morgan fingerprint density at radius 2 is 1.69 bits per heavy atom. The number of nitrogens with one attached hydrogen (secondary N) is 5. The number of benzene rings is 3. The molecule has 2 aromatic heterocycles. The van der Waals surface area contributed by atoms with Crippen LogP contribution in [0.2, 0.25) is 0 Å². The van der Waals surface area contributed by atoms with E-state index in [1.165, 1.54) is 0 Å². The van der Waals surface area contributed by atoms with E-state index in [1.54, 1.807) is 57.2 Å². The summed E-state index contributed by atoms with van der Waals surface area (Å²) in [7, 11) is 0.764. The van der Waals surface area contributed by atoms with Crippen molar-refractivity contribution >= 4 is 103 Å². The third kappa shape index (κ3) is 9.81. The fraction of sp³-hybridized carbons (Fsp3) is 0.408. The molecule has 9 rings (SSSR count). The monoisotopic (exact) mass is 1030 g/mol. The highest BCUT2D eigenvalue weighted by atomic mass is 79.9. The minimum Gasteiger partial charge on any atom is -0.494 e. The van der Waals surface area contributed by atoms with Gasteiger partial charge in [-0.3, -0.25) is 44.2 Å². The minimum absolute atomic E-state index is 0.0232. The maximum Gasteiger partial charge on any atom is 0.262 e. The van der Waals surface area contributed by atoms with Crippen molar-refractivity contribution in [2.45, 2.75) is 70.0 Å². The average Bonchev–Trinajstić information content (AvgIpc) is 3.57. The van der Waals surface area contributed by atoms with E-state index in [9.17, 15) is 28.5 Å². The van der Waals surface area contributed by atoms with Gasteiger partial charge in [-0.25, -0.2) is 4.98 Å². The smallest absolute Gasteiger partial charge is 0.262 e. The first-order chi connectivity index (χ1) is 33.6. The largest absolute Gasteiger partial charge is 0.494 e. The summed E-state index contributed by atoms with van der Waals surface area (Å²) >= 11 is 3.58. The lowest BCUT2D eigenvalue weighted by Gasteiger charge is -2.41. The molecule has 5 amide bonds. The van der Waals surface area contributed by atoms with Crippen LogP contribution < -0.4 is 46.4 Å². The minimum atomic E-state index is -2.79. The van der Waals surface area contributed by atoms with Gasteiger partial charge in [0.25, 0.3) is 11.8 Å². The fourth-order valence-electron chi connectivity index (χ4n) is 9.83. The first kappa shape index (κ1) is 48.5. The standard InChI is InChI=1S/C49H56BrN12O7P/c1-6-27-23-37(57-49-55-26-34(50)44(59-49)56-36-10-9-35-42(53-17-16-52-35)43(36)70(4,5)68)40(69-3)25-39(27)61-19-13-29(14-20-61)51-15-18-54-45(64)28-21-31(22-28)60(2)30-7-8-32-33(24-30)48(67)62(47(32)66)38-11-12-41(63)58-46(38)65/h7-10,16-17,23-26,28-29,31,38,51H,6,11-15,18-22H2,1-5H3,(H,54,64)(H,58,63,65)(H2,55,56,57,59). The molecule has 70 heavy (non-hydrogen) atoms. The lowest BCUT2D eigenvalue weighted by molar-refractivity contribution is -0.136. The maximum atomic E-state index is 13.5. The number of fused-ring (bicyclic) bond motifs is 2. The van der Waals surface area contributed by atoms with Crippen LogP contribution in [0.25, 0.3) is 11.0 Å². The number of piperidine rings is 2. The molecule has 21 heteroatoms. The molecule has 0 bridgehead atoms. The van der Waals surface area contributed by atoms with Crippen LogP contribution in [-0.4, -0.2) is 126 Å². The highest BCUT2D eigenvalue weighted by molar-refractivity contribution is 9.10. The van der Waals surface area contributed by atoms with Gasteiger partial charge in [0, 0.05) is 93.7 Å². The van der Waals surface area contributed by atoms with Crippen LogP contribution in [0.1, 0.15) is 71.7 Å². The molecule has 3 aliphatic heterocycles. The SMILES string of the molecule is CCc1cc(Nc2ncc(Br)c(Nc3ccc4nccnc4c3P(C)(C)=O)n2)c(OC)cc1N1CCC(NCCNC(=O)C2CC(N(C)c3ccc4c(c3)C(=O)N(C3CCC(=O)NC3=O)C4=O)C2)CC1. The van der Waals surface area contributed by atoms with Crippen molar-refractivity contribution in [1.29, 1.82) is 0 Å². The molecule has 19 nitrogen and oxygen atoms in total. The van der Waals surface area contributed by atoms with E-state index in [4.69, 9.17) is 9.72 Å². The number of hydrogen-bond donors (Lipinski definition) is 5. The van der Waals surface area contributed by atoms with Crippen LogP contribution in [0.15, 0.2) is 65.5 Å². The van der Waals surface area contributed by atoms with Crippen LogP contribution in [0.4, 0.5) is 34.5 Å². The van der Waals surface area contributed by atoms with Gasteiger partial charge in [-0.2, -0.15) is 4.98 Å². The number of aryl methyl sites for hydroxylation is 1. The number of methoxy groups -OCH3 is 1. The van der Waals surface area contributed by atoms with Gasteiger partial charge in [-0.15, -0.1) is 0 Å². The van der Waals surface area contributed by atoms with Gasteiger partial charge in [0.1, 0.15) is 30.3 Å². The van der Waals surface area contributed by atoms with Gasteiger partial charge < -0.3 is 40.4 Å². The molecule has 4 aliphatic rings. The molecule has 3 aromatic carbocycles. The number of imide groups is 2. The van der Waals surface area contributed by atoms with E-state index in [-0.39, 0.29) is 41.8 Å². The number of aromatic nitrogens is 4. The Hall–Kier alpha value is -6.50. The van der Waals surface area contributed by atoms with Gasteiger partial charge in [0.2, 0.25) is 23.7 Å². The Kier molecular flexibility index (Phi) is 13.9. The van der Waals surface area contributed by atoms with E-state index in [1.807, 2.05) is 24.1 Å². The Labute approximate surface area is 413 Å². The Bertz CT molecular complexity index is 2960. The molecule has 0 radical (unpaired) electrons. The topological polar surface area (TPSA) is 233 Å². The number of rotatable bonds is 16. The predicted octanol–water partition coefficient (Wildman–Crippen LogP) is 5.48. The van der Waals surface area contributed by atoms with Gasteiger partial charge in [-0.05, 0) is 110 Å². The van der Waals surface area contributed by atoms with E-state index in [0.29, 0.717) is 76.0 Å². The third-order valence-corrected chi connectivity index (χ3v) is 15.8. The van der Waals surface area contributed by atoms with Crippen molar-refractivity contribution in [3.8, 4) is 5.75 Å². The molecular formula is C49H56BrN12O7P. The molecule has 366 valence electrons. The second-order valence-corrected chi connectivity index (χ2v) is 22.5. The van der Waals surface area contributed by atoms with E-state index in [0.717, 1.165) is 59.9 Å². The van der Waals surface area contributed by atoms with E-state index >= 15 is 0 Å². The first-order valence-electron chi connectivity index (χ1n) is 23.5. The molecule has 1 saturated carbocycles. The quantitative estimate of drug-likeness (QED) is 0.0468. The number of carbonyl (C=O) groups excluding carboxylic acids is 5. The van der Waals surface area contributed by atoms with Crippen LogP contribution in [0.5, 0.6) is 5.75 Å². The second kappa shape index (κ2) is 20.1. The van der Waals surface area contributed by atoms with Crippen LogP contribution in [0.3, 0.4) is 0 Å². The molecule has 5 heterocycles. The van der Waals surface area contributed by atoms with Crippen LogP contribution in [0, 0.1) is 5.92 Å². The summed E-state index contributed by atoms with van der Waals surface area (Å²) in [6.45, 7) is 8.44. The Morgan fingerprint density at radius 3 is 2.41 bits per heavy atom. The van der Waals surface area contributed by atoms with E-state index in [2.05, 4.69) is 81.4 Å². The van der Waals surface area contributed by atoms with Crippen LogP contribution in [-0.2, 0) is 25.4 Å². The van der Waals surface area contributed by atoms with Crippen molar-refractivity contribution in [3.05, 3.63) is 82.2 Å². The number of amides is 5. The van der Waals surface area contributed by atoms with Crippen molar-refractivity contribution < 1.29 is 33.3 Å². The molecule has 1 atom stereocenters. The van der Waals surface area contributed by atoms with Crippen molar-refractivity contribution in [3.63, 3.8) is 0 Å². The summed E-state index contributed by atoms with van der Waals surface area (Å²) in [6.07, 6.45) is 9.02. The zero-order chi connectivity index (χ0) is 49.4. The number of halogens is 1. The molecule has 3 fully saturated rings. The van der Waals surface area contributed by atoms with Gasteiger partial charge >= 0.3 is 0 Å². The zero-order valence-electron chi connectivity index (χ0n) is 39.7. The fourth-order valence-corrected chi connectivity index (χ4v) is 11.5. The molecule has 1 unspecified atom stereocenters. The number of anilines is 6. The third-order valence-electron chi connectivity index (χ3n) is 13.7. The summed E-state index contributed by atoms with van der Waals surface area (Å²) in [4.78, 5) is 87.3. The second-order valence-electron chi connectivity index (χ2n) is 18.5. The van der Waals surface area contributed by atoms with E-state index < -0.39 is 36.8 Å². The Balaban J connectivity index is 0.739. The lowest BCUT2D eigenvalue weighted by Crippen LogP contribution is -2.54. The van der Waals surface area contributed by atoms with Crippen LogP contribution >= 0.6 is 23.1 Å².